The van der Waals surface area contributed by atoms with E-state index in [-0.39, 0.29) is 49.2 Å². The van der Waals surface area contributed by atoms with Crippen LogP contribution in [0.5, 0.6) is 0 Å². The van der Waals surface area contributed by atoms with Crippen LogP contribution in [0.25, 0.3) is 9.69 Å². The van der Waals surface area contributed by atoms with E-state index in [1.165, 1.54) is 51.4 Å². The summed E-state index contributed by atoms with van der Waals surface area (Å²) in [5, 5.41) is 48.8. The molecule has 3 saturated heterocycles. The van der Waals surface area contributed by atoms with Gasteiger partial charge in [-0.25, -0.2) is 14.8 Å². The fourth-order valence-electron chi connectivity index (χ4n) is 6.15. The van der Waals surface area contributed by atoms with E-state index in [2.05, 4.69) is 45.0 Å². The quantitative estimate of drug-likeness (QED) is 0.0348. The largest absolute Gasteiger partial charge is 0.463 e. The predicted octanol–water partition coefficient (Wildman–Crippen LogP) is -2.20. The van der Waals surface area contributed by atoms with Crippen molar-refractivity contribution in [1.82, 2.24) is 44.7 Å². The van der Waals surface area contributed by atoms with Crippen molar-refractivity contribution in [2.75, 3.05) is 19.8 Å². The number of nitrogen functional groups attached to an aromatic ring is 1. The van der Waals surface area contributed by atoms with Crippen molar-refractivity contribution in [3.8, 4) is 0 Å². The molecule has 3 aromatic heterocycles. The van der Waals surface area contributed by atoms with Gasteiger partial charge in [0.15, 0.2) is 36.7 Å². The van der Waals surface area contributed by atoms with Gasteiger partial charge < -0.3 is 78.1 Å². The Labute approximate surface area is 413 Å². The summed E-state index contributed by atoms with van der Waals surface area (Å²) in [4.78, 5) is 95.3. The zero-order valence-electron chi connectivity index (χ0n) is 39.0. The standard InChI is InChI=1S/C14H16N4O7.C13H18O9.C8H13N5O4.C3H2N4.ClH/c1-7(19)22-5-10-11(23-8(2)20)12(24-9(3)21)13(25-10)18-6-16-14(15-4)17-18;1-6(14)18-5-10-11(19-7(2)15)12(20-8(3)16)13(22-10)21-9(4)17;9-6(10)7-11-2-13(12-7)8-5(16)4(15)3(1-14)17-8;1-4-3-5-2-6-7-3;/h6,10-13H,5H2,1-3H3;10-13H,5H2,1-4H3;2-5,8,14-16H,1H2,(H3,9,10);2H,(H,5,6,7);1H. The van der Waals surface area contributed by atoms with Gasteiger partial charge in [-0.3, -0.25) is 39.0 Å². The number of esters is 7. The lowest BCUT2D eigenvalue weighted by molar-refractivity contribution is -0.197. The van der Waals surface area contributed by atoms with E-state index in [0.29, 0.717) is 0 Å². The zero-order valence-corrected chi connectivity index (χ0v) is 39.8. The molecule has 0 amide bonds. The van der Waals surface area contributed by atoms with Gasteiger partial charge in [0.1, 0.15) is 50.1 Å². The minimum atomic E-state index is -1.26. The van der Waals surface area contributed by atoms with Gasteiger partial charge in [-0.1, -0.05) is 5.10 Å². The number of aromatic nitrogens is 9. The van der Waals surface area contributed by atoms with Crippen LogP contribution < -0.4 is 5.73 Å². The molecular weight excluding hydrogens is 994 g/mol. The number of nitrogens with two attached hydrogens (primary N) is 1. The summed E-state index contributed by atoms with van der Waals surface area (Å²) in [6.07, 6.45) is -8.86. The van der Waals surface area contributed by atoms with Crippen LogP contribution in [0.2, 0.25) is 0 Å². The molecule has 33 nitrogen and oxygen atoms in total. The van der Waals surface area contributed by atoms with Crippen LogP contribution in [-0.2, 0) is 80.9 Å². The minimum absolute atomic E-state index is 0. The third-order valence-corrected chi connectivity index (χ3v) is 8.84. The molecule has 7 N–H and O–H groups in total. The number of hydrogen-bond donors (Lipinski definition) is 6. The molecular formula is C38H50ClN13O20. The fraction of sp³-hybridized carbons (Fsp3) is 0.579. The molecule has 0 saturated carbocycles. The Balaban J connectivity index is 0.000000348. The Kier molecular flexibility index (Phi) is 24.1. The topological polar surface area (TPSA) is 434 Å². The summed E-state index contributed by atoms with van der Waals surface area (Å²) in [6.45, 7) is 20.6. The van der Waals surface area contributed by atoms with Crippen LogP contribution in [-0.4, -0.2) is 189 Å². The molecule has 0 bridgehead atoms. The fourth-order valence-corrected chi connectivity index (χ4v) is 6.15. The molecule has 3 fully saturated rings. The molecule has 34 heteroatoms. The average Bonchev–Trinajstić information content (AvgIpc) is 4.17. The summed E-state index contributed by atoms with van der Waals surface area (Å²) >= 11 is 0. The van der Waals surface area contributed by atoms with Crippen LogP contribution in [0.15, 0.2) is 19.0 Å². The first-order chi connectivity index (χ1) is 33.5. The smallest absolute Gasteiger partial charge is 0.393 e. The van der Waals surface area contributed by atoms with Gasteiger partial charge >= 0.3 is 53.7 Å². The second kappa shape index (κ2) is 28.8. The maximum atomic E-state index is 11.4. The highest BCUT2D eigenvalue weighted by Gasteiger charge is 2.53. The molecule has 0 radical (unpaired) electrons. The number of carbonyl (C=O) groups excluding carboxylic acids is 7. The molecule has 0 spiro atoms. The maximum Gasteiger partial charge on any atom is 0.393 e. The molecule has 3 aromatic rings. The lowest BCUT2D eigenvalue weighted by Gasteiger charge is -2.22. The summed E-state index contributed by atoms with van der Waals surface area (Å²) < 4.78 is 53.8. The molecule has 0 aromatic carbocycles. The monoisotopic (exact) mass is 1040 g/mol. The van der Waals surface area contributed by atoms with E-state index < -0.39 is 122 Å². The maximum absolute atomic E-state index is 11.4. The van der Waals surface area contributed by atoms with Crippen molar-refractivity contribution in [2.24, 2.45) is 5.73 Å². The van der Waals surface area contributed by atoms with Gasteiger partial charge in [0.05, 0.1) is 6.61 Å². The number of amidine groups is 1. The molecule has 0 aliphatic carbocycles. The Morgan fingerprint density at radius 3 is 1.57 bits per heavy atom. The number of carbonyl (C=O) groups is 7. The van der Waals surface area contributed by atoms with Crippen molar-refractivity contribution in [3.63, 3.8) is 0 Å². The average molecular weight is 1040 g/mol. The van der Waals surface area contributed by atoms with Gasteiger partial charge in [0.2, 0.25) is 30.8 Å². The number of aliphatic hydroxyl groups excluding tert-OH is 3. The van der Waals surface area contributed by atoms with E-state index in [1.54, 1.807) is 0 Å². The van der Waals surface area contributed by atoms with E-state index in [0.717, 1.165) is 25.5 Å². The molecule has 6 heterocycles. The molecule has 12 unspecified atom stereocenters. The SMILES string of the molecule is CC(=O)OCC1OC(OC(C)=O)C(OC(C)=O)C1OC(C)=O.Cl.N=C(N)c1ncn(C2OC(CO)C(O)C2O)n1.[C-]#[N+]c1ncn(C2OC(COC(C)=O)C(OC(C)=O)C2OC(C)=O)n1.[C-]#[N+]c1ncn[nH]1. The number of nitrogens with one attached hydrogen (secondary N) is 2. The number of ether oxygens (including phenoxy) is 10. The lowest BCUT2D eigenvalue weighted by Crippen LogP contribution is -2.42. The number of nitrogens with zero attached hydrogens (tertiary/aromatic N) is 10. The van der Waals surface area contributed by atoms with Gasteiger partial charge in [0.25, 0.3) is 0 Å². The number of H-pyrrole nitrogens is 1. The normalized spacial score (nSPS) is 25.4. The van der Waals surface area contributed by atoms with Crippen LogP contribution >= 0.6 is 12.4 Å². The number of aliphatic hydroxyl groups is 3. The summed E-state index contributed by atoms with van der Waals surface area (Å²) in [7, 11) is 0. The van der Waals surface area contributed by atoms with Crippen molar-refractivity contribution < 1.29 is 96.2 Å². The Bertz CT molecular complexity index is 2410. The van der Waals surface area contributed by atoms with Crippen LogP contribution in [0.1, 0.15) is 66.7 Å². The summed E-state index contributed by atoms with van der Waals surface area (Å²) in [5.74, 6) is -4.56. The van der Waals surface area contributed by atoms with E-state index in [9.17, 15) is 43.8 Å². The predicted molar refractivity (Wildman–Crippen MR) is 230 cm³/mol. The van der Waals surface area contributed by atoms with Crippen molar-refractivity contribution >= 4 is 71.9 Å². The Morgan fingerprint density at radius 1 is 0.667 bits per heavy atom. The zero-order chi connectivity index (χ0) is 53.1. The molecule has 12 atom stereocenters. The van der Waals surface area contributed by atoms with Crippen LogP contribution in [0, 0.1) is 18.6 Å². The first kappa shape index (κ1) is 60.3. The molecule has 3 aliphatic heterocycles. The highest BCUT2D eigenvalue weighted by atomic mass is 35.5. The van der Waals surface area contributed by atoms with Gasteiger partial charge in [-0.2, -0.15) is 4.68 Å². The number of halogens is 1. The highest BCUT2D eigenvalue weighted by molar-refractivity contribution is 5.90. The Morgan fingerprint density at radius 2 is 1.15 bits per heavy atom. The summed E-state index contributed by atoms with van der Waals surface area (Å²) in [6, 6.07) is 0. The third-order valence-electron chi connectivity index (χ3n) is 8.84. The number of aromatic amines is 1. The number of rotatable bonds is 13. The minimum Gasteiger partial charge on any atom is -0.463 e. The van der Waals surface area contributed by atoms with Crippen molar-refractivity contribution in [2.45, 2.75) is 122 Å². The van der Waals surface area contributed by atoms with Crippen LogP contribution in [0.4, 0.5) is 11.9 Å². The molecule has 3 aliphatic rings. The molecule has 72 heavy (non-hydrogen) atoms. The third kappa shape index (κ3) is 18.2. The van der Waals surface area contributed by atoms with Crippen molar-refractivity contribution in [1.29, 1.82) is 5.41 Å². The van der Waals surface area contributed by atoms with E-state index in [1.807, 2.05) is 0 Å². The lowest BCUT2D eigenvalue weighted by atomic mass is 10.1. The number of hydrogen-bond acceptors (Lipinski definition) is 27. The first-order valence-electron chi connectivity index (χ1n) is 20.3. The second-order valence-electron chi connectivity index (χ2n) is 14.4. The molecule has 6 rings (SSSR count). The van der Waals surface area contributed by atoms with E-state index in [4.69, 9.17) is 76.8 Å². The van der Waals surface area contributed by atoms with Crippen LogP contribution in [0.3, 0.4) is 0 Å². The van der Waals surface area contributed by atoms with Gasteiger partial charge in [-0.05, 0) is 0 Å². The summed E-state index contributed by atoms with van der Waals surface area (Å²) in [5.41, 5.74) is 5.19. The van der Waals surface area contributed by atoms with Gasteiger partial charge in [-0.15, -0.1) is 45.7 Å². The molecule has 394 valence electrons. The van der Waals surface area contributed by atoms with E-state index >= 15 is 0 Å². The van der Waals surface area contributed by atoms with Crippen molar-refractivity contribution in [3.05, 3.63) is 47.6 Å². The Hall–Kier alpha value is -7.79. The second-order valence-corrected chi connectivity index (χ2v) is 14.4. The van der Waals surface area contributed by atoms with Gasteiger partial charge in [0, 0.05) is 48.5 Å². The highest BCUT2D eigenvalue weighted by Crippen LogP contribution is 2.35. The first-order valence-corrected chi connectivity index (χ1v) is 20.3.